The minimum absolute atomic E-state index is 0.0351. The highest BCUT2D eigenvalue weighted by atomic mass is 16.7. The first-order chi connectivity index (χ1) is 18.3. The molecule has 1 aromatic carbocycles. The van der Waals surface area contributed by atoms with Crippen LogP contribution < -0.4 is 19.5 Å². The van der Waals surface area contributed by atoms with Crippen LogP contribution in [0.15, 0.2) is 42.7 Å². The molecule has 1 N–H and O–H groups in total. The molecule has 2 fully saturated rings. The van der Waals surface area contributed by atoms with E-state index in [-0.39, 0.29) is 55.1 Å². The van der Waals surface area contributed by atoms with Crippen LogP contribution in [0, 0.1) is 5.92 Å². The first kappa shape index (κ1) is 25.5. The molecule has 200 valence electrons. The molecule has 38 heavy (non-hydrogen) atoms. The van der Waals surface area contributed by atoms with Gasteiger partial charge in [0.15, 0.2) is 17.3 Å². The van der Waals surface area contributed by atoms with E-state index in [1.165, 1.54) is 4.90 Å². The van der Waals surface area contributed by atoms with Gasteiger partial charge in [-0.05, 0) is 42.5 Å². The van der Waals surface area contributed by atoms with Crippen LogP contribution in [-0.2, 0) is 20.8 Å². The Kier molecular flexibility index (Phi) is 7.17. The van der Waals surface area contributed by atoms with Gasteiger partial charge in [0, 0.05) is 25.0 Å². The number of carbonyl (C=O) groups excluding carboxylic acids is 4. The molecule has 11 nitrogen and oxygen atoms in total. The molecule has 4 heterocycles. The second kappa shape index (κ2) is 10.7. The van der Waals surface area contributed by atoms with E-state index in [1.54, 1.807) is 41.6 Å². The Hall–Kier alpha value is -4.15. The molecular formula is C27H30N4O7. The fourth-order valence-electron chi connectivity index (χ4n) is 5.28. The molecule has 2 saturated heterocycles. The van der Waals surface area contributed by atoms with Crippen LogP contribution in [0.25, 0.3) is 0 Å². The Morgan fingerprint density at radius 1 is 1.16 bits per heavy atom. The van der Waals surface area contributed by atoms with E-state index in [0.29, 0.717) is 30.9 Å². The summed E-state index contributed by atoms with van der Waals surface area (Å²) in [7, 11) is 0. The van der Waals surface area contributed by atoms with Gasteiger partial charge in [0.25, 0.3) is 0 Å². The quantitative estimate of drug-likeness (QED) is 0.585. The number of Topliss-reactive ketones (excluding diaryl/α,β-unsaturated/α-hetero) is 1. The van der Waals surface area contributed by atoms with Crippen LogP contribution in [0.2, 0.25) is 0 Å². The maximum atomic E-state index is 13.6. The van der Waals surface area contributed by atoms with E-state index in [9.17, 15) is 19.2 Å². The van der Waals surface area contributed by atoms with Crippen LogP contribution in [0.4, 0.5) is 4.79 Å². The summed E-state index contributed by atoms with van der Waals surface area (Å²) in [4.78, 5) is 59.5. The maximum Gasteiger partial charge on any atom is 0.413 e. The number of rotatable bonds is 7. The van der Waals surface area contributed by atoms with Crippen LogP contribution >= 0.6 is 0 Å². The molecule has 0 aliphatic carbocycles. The number of hydrogen-bond acceptors (Lipinski definition) is 8. The molecule has 3 atom stereocenters. The smallest absolute Gasteiger partial charge is 0.413 e. The molecule has 3 aliphatic rings. The van der Waals surface area contributed by atoms with Crippen molar-refractivity contribution < 1.29 is 33.4 Å². The summed E-state index contributed by atoms with van der Waals surface area (Å²) in [6.45, 7) is 4.27. The predicted octanol–water partition coefficient (Wildman–Crippen LogP) is 1.94. The third-order valence-electron chi connectivity index (χ3n) is 6.96. The molecule has 0 spiro atoms. The lowest BCUT2D eigenvalue weighted by Crippen LogP contribution is -2.53. The van der Waals surface area contributed by atoms with Crippen LogP contribution in [0.5, 0.6) is 17.2 Å². The average molecular weight is 523 g/mol. The largest absolute Gasteiger partial charge is 0.454 e. The molecule has 3 amide bonds. The number of aromatic nitrogens is 1. The van der Waals surface area contributed by atoms with Crippen LogP contribution in [-0.4, -0.2) is 76.5 Å². The van der Waals surface area contributed by atoms with Gasteiger partial charge < -0.3 is 29.3 Å². The molecule has 5 rings (SSSR count). The van der Waals surface area contributed by atoms with Gasteiger partial charge in [-0.3, -0.25) is 19.4 Å². The van der Waals surface area contributed by atoms with Gasteiger partial charge in [0.05, 0.1) is 19.0 Å². The normalized spacial score (nSPS) is 20.4. The molecule has 3 aliphatic heterocycles. The molecular weight excluding hydrogens is 492 g/mol. The third kappa shape index (κ3) is 5.27. The van der Waals surface area contributed by atoms with Crippen molar-refractivity contribution in [3.8, 4) is 17.2 Å². The number of ketones is 1. The second-order valence-electron chi connectivity index (χ2n) is 10.1. The number of hydrogen-bond donors (Lipinski definition) is 1. The molecule has 3 unspecified atom stereocenters. The first-order valence-corrected chi connectivity index (χ1v) is 12.7. The number of nitrogens with one attached hydrogen (secondary N) is 1. The van der Waals surface area contributed by atoms with E-state index in [1.807, 2.05) is 19.9 Å². The standard InChI is InChI=1S/C27H30N4O7/c1-16(2)10-19(29-27(35)38-18-5-6-22-23(12-18)37-15-36-22)26(34)30-9-7-20-25(30)21(32)14-31(20)24(33)11-17-4-3-8-28-13-17/h3-6,8,12-13,16,19-20,25H,7,9-11,14-15H2,1-2H3,(H,29,35). The second-order valence-corrected chi connectivity index (χ2v) is 10.1. The van der Waals surface area contributed by atoms with Crippen molar-refractivity contribution in [3.05, 3.63) is 48.3 Å². The Bertz CT molecular complexity index is 1240. The Labute approximate surface area is 220 Å². The SMILES string of the molecule is CC(C)CC(NC(=O)Oc1ccc2c(c1)OCO2)C(=O)N1CCC2C1C(=O)CN2C(=O)Cc1cccnc1. The Balaban J connectivity index is 1.25. The fourth-order valence-corrected chi connectivity index (χ4v) is 5.28. The number of likely N-dealkylation sites (tertiary alicyclic amines) is 2. The van der Waals surface area contributed by atoms with Gasteiger partial charge in [-0.15, -0.1) is 0 Å². The van der Waals surface area contributed by atoms with Crippen molar-refractivity contribution in [1.82, 2.24) is 20.1 Å². The zero-order valence-corrected chi connectivity index (χ0v) is 21.3. The first-order valence-electron chi connectivity index (χ1n) is 12.7. The van der Waals surface area contributed by atoms with Gasteiger partial charge >= 0.3 is 6.09 Å². The summed E-state index contributed by atoms with van der Waals surface area (Å²) in [5, 5.41) is 2.68. The van der Waals surface area contributed by atoms with E-state index in [0.717, 1.165) is 5.56 Å². The summed E-state index contributed by atoms with van der Waals surface area (Å²) in [5.74, 6) is 0.661. The van der Waals surface area contributed by atoms with Gasteiger partial charge in [-0.2, -0.15) is 0 Å². The molecule has 11 heteroatoms. The van der Waals surface area contributed by atoms with Crippen LogP contribution in [0.1, 0.15) is 32.3 Å². The molecule has 0 radical (unpaired) electrons. The van der Waals surface area contributed by atoms with Crippen molar-refractivity contribution >= 4 is 23.7 Å². The molecule has 0 saturated carbocycles. The van der Waals surface area contributed by atoms with E-state index >= 15 is 0 Å². The lowest BCUT2D eigenvalue weighted by molar-refractivity contribution is -0.138. The number of ether oxygens (including phenoxy) is 3. The zero-order chi connectivity index (χ0) is 26.8. The topological polar surface area (TPSA) is 127 Å². The molecule has 0 bridgehead atoms. The number of pyridine rings is 1. The highest BCUT2D eigenvalue weighted by molar-refractivity contribution is 5.99. The van der Waals surface area contributed by atoms with Crippen molar-refractivity contribution in [3.63, 3.8) is 0 Å². The van der Waals surface area contributed by atoms with E-state index in [4.69, 9.17) is 14.2 Å². The highest BCUT2D eigenvalue weighted by Gasteiger charge is 2.52. The molecule has 2 aromatic rings. The van der Waals surface area contributed by atoms with Gasteiger partial charge in [0.1, 0.15) is 17.8 Å². The summed E-state index contributed by atoms with van der Waals surface area (Å²) in [5.41, 5.74) is 0.765. The van der Waals surface area contributed by atoms with E-state index in [2.05, 4.69) is 10.3 Å². The monoisotopic (exact) mass is 522 g/mol. The van der Waals surface area contributed by atoms with Crippen molar-refractivity contribution in [1.29, 1.82) is 0 Å². The van der Waals surface area contributed by atoms with Gasteiger partial charge in [-0.25, -0.2) is 4.79 Å². The van der Waals surface area contributed by atoms with E-state index < -0.39 is 18.2 Å². The number of benzene rings is 1. The number of amides is 3. The lowest BCUT2D eigenvalue weighted by atomic mass is 10.0. The number of fused-ring (bicyclic) bond motifs is 2. The summed E-state index contributed by atoms with van der Waals surface area (Å²) >= 11 is 0. The van der Waals surface area contributed by atoms with Crippen molar-refractivity contribution in [2.45, 2.75) is 51.2 Å². The maximum absolute atomic E-state index is 13.6. The fraction of sp³-hybridized carbons (Fsp3) is 0.444. The van der Waals surface area contributed by atoms with Gasteiger partial charge in [0.2, 0.25) is 18.6 Å². The van der Waals surface area contributed by atoms with Crippen LogP contribution in [0.3, 0.4) is 0 Å². The summed E-state index contributed by atoms with van der Waals surface area (Å²) < 4.78 is 16.0. The predicted molar refractivity (Wildman–Crippen MR) is 134 cm³/mol. The molecule has 1 aromatic heterocycles. The highest BCUT2D eigenvalue weighted by Crippen LogP contribution is 2.35. The van der Waals surface area contributed by atoms with Crippen molar-refractivity contribution in [2.75, 3.05) is 19.9 Å². The number of carbonyl (C=O) groups is 4. The minimum Gasteiger partial charge on any atom is -0.454 e. The third-order valence-corrected chi connectivity index (χ3v) is 6.96. The summed E-state index contributed by atoms with van der Waals surface area (Å²) in [6, 6.07) is 6.34. The van der Waals surface area contributed by atoms with Crippen molar-refractivity contribution in [2.24, 2.45) is 5.92 Å². The number of nitrogens with zero attached hydrogens (tertiary/aromatic N) is 3. The minimum atomic E-state index is -0.886. The zero-order valence-electron chi connectivity index (χ0n) is 21.3. The average Bonchev–Trinajstić information content (AvgIpc) is 3.60. The Morgan fingerprint density at radius 2 is 1.97 bits per heavy atom. The lowest BCUT2D eigenvalue weighted by Gasteiger charge is -2.29. The summed E-state index contributed by atoms with van der Waals surface area (Å²) in [6.07, 6.45) is 3.47. The van der Waals surface area contributed by atoms with Gasteiger partial charge in [-0.1, -0.05) is 19.9 Å². The Morgan fingerprint density at radius 3 is 2.74 bits per heavy atom.